The zero-order chi connectivity index (χ0) is 14.7. The summed E-state index contributed by atoms with van der Waals surface area (Å²) in [6, 6.07) is 17.7. The van der Waals surface area contributed by atoms with E-state index in [2.05, 4.69) is 48.6 Å². The number of aliphatic hydroxyl groups is 1. The Labute approximate surface area is 126 Å². The molecule has 0 radical (unpaired) electrons. The molecule has 0 saturated heterocycles. The van der Waals surface area contributed by atoms with Gasteiger partial charge in [-0.2, -0.15) is 0 Å². The lowest BCUT2D eigenvalue weighted by molar-refractivity contribution is 0.281. The molecular formula is C19H23NO. The smallest absolute Gasteiger partial charge is 0.0681 e. The van der Waals surface area contributed by atoms with E-state index in [1.54, 1.807) is 0 Å². The first-order valence-electron chi connectivity index (χ1n) is 7.81. The van der Waals surface area contributed by atoms with Crippen LogP contribution in [0, 0.1) is 0 Å². The van der Waals surface area contributed by atoms with Crippen molar-refractivity contribution in [1.29, 1.82) is 0 Å². The highest BCUT2D eigenvalue weighted by atomic mass is 16.3. The van der Waals surface area contributed by atoms with E-state index < -0.39 is 0 Å². The van der Waals surface area contributed by atoms with Crippen LogP contribution in [0.2, 0.25) is 0 Å². The van der Waals surface area contributed by atoms with Gasteiger partial charge >= 0.3 is 0 Å². The van der Waals surface area contributed by atoms with Gasteiger partial charge in [0.15, 0.2) is 0 Å². The molecule has 1 aliphatic rings. The molecule has 0 heterocycles. The Bertz CT molecular complexity index is 608. The number of hydrogen-bond acceptors (Lipinski definition) is 2. The van der Waals surface area contributed by atoms with E-state index in [0.717, 1.165) is 5.56 Å². The normalized spacial score (nSPS) is 19.0. The average molecular weight is 281 g/mol. The molecule has 0 saturated carbocycles. The van der Waals surface area contributed by atoms with Gasteiger partial charge in [-0.15, -0.1) is 0 Å². The minimum atomic E-state index is 0.104. The molecule has 2 atom stereocenters. The van der Waals surface area contributed by atoms with Crippen LogP contribution >= 0.6 is 0 Å². The Morgan fingerprint density at radius 2 is 2.05 bits per heavy atom. The first kappa shape index (κ1) is 14.3. The maximum absolute atomic E-state index is 9.28. The van der Waals surface area contributed by atoms with E-state index in [9.17, 15) is 5.11 Å². The SMILES string of the molecule is CC(NC1CCCc2ccccc21)c1cccc(CO)c1. The quantitative estimate of drug-likeness (QED) is 0.890. The van der Waals surface area contributed by atoms with Crippen LogP contribution < -0.4 is 5.32 Å². The van der Waals surface area contributed by atoms with Crippen LogP contribution in [0.3, 0.4) is 0 Å². The predicted octanol–water partition coefficient (Wildman–Crippen LogP) is 3.91. The zero-order valence-corrected chi connectivity index (χ0v) is 12.5. The molecule has 2 aromatic rings. The fourth-order valence-corrected chi connectivity index (χ4v) is 3.29. The Kier molecular flexibility index (Phi) is 4.37. The molecule has 110 valence electrons. The summed E-state index contributed by atoms with van der Waals surface area (Å²) in [6.45, 7) is 2.31. The van der Waals surface area contributed by atoms with Gasteiger partial charge in [-0.3, -0.25) is 0 Å². The molecule has 0 amide bonds. The van der Waals surface area contributed by atoms with Gasteiger partial charge in [-0.05, 0) is 48.4 Å². The molecule has 2 unspecified atom stereocenters. The second kappa shape index (κ2) is 6.42. The number of aliphatic hydroxyl groups excluding tert-OH is 1. The third-order valence-corrected chi connectivity index (χ3v) is 4.45. The third kappa shape index (κ3) is 3.17. The first-order chi connectivity index (χ1) is 10.3. The van der Waals surface area contributed by atoms with Gasteiger partial charge in [0.05, 0.1) is 6.61 Å². The highest BCUT2D eigenvalue weighted by Gasteiger charge is 2.21. The van der Waals surface area contributed by atoms with Crippen molar-refractivity contribution >= 4 is 0 Å². The van der Waals surface area contributed by atoms with E-state index in [1.165, 1.54) is 36.0 Å². The summed E-state index contributed by atoms with van der Waals surface area (Å²) in [5, 5.41) is 13.0. The molecule has 2 N–H and O–H groups in total. The zero-order valence-electron chi connectivity index (χ0n) is 12.5. The van der Waals surface area contributed by atoms with Crippen molar-refractivity contribution in [1.82, 2.24) is 5.32 Å². The van der Waals surface area contributed by atoms with Crippen molar-refractivity contribution in [2.24, 2.45) is 0 Å². The first-order valence-corrected chi connectivity index (χ1v) is 7.81. The van der Waals surface area contributed by atoms with E-state index in [-0.39, 0.29) is 12.6 Å². The van der Waals surface area contributed by atoms with Gasteiger partial charge in [0, 0.05) is 12.1 Å². The van der Waals surface area contributed by atoms with Crippen molar-refractivity contribution < 1.29 is 5.11 Å². The van der Waals surface area contributed by atoms with E-state index in [1.807, 2.05) is 12.1 Å². The van der Waals surface area contributed by atoms with Gasteiger partial charge < -0.3 is 10.4 Å². The summed E-state index contributed by atoms with van der Waals surface area (Å²) >= 11 is 0. The molecule has 2 nitrogen and oxygen atoms in total. The number of aryl methyl sites for hydroxylation is 1. The molecule has 0 bridgehead atoms. The monoisotopic (exact) mass is 281 g/mol. The number of fused-ring (bicyclic) bond motifs is 1. The topological polar surface area (TPSA) is 32.3 Å². The van der Waals surface area contributed by atoms with Gasteiger partial charge in [0.1, 0.15) is 0 Å². The van der Waals surface area contributed by atoms with E-state index in [4.69, 9.17) is 0 Å². The Morgan fingerprint density at radius 3 is 2.90 bits per heavy atom. The van der Waals surface area contributed by atoms with Crippen molar-refractivity contribution in [3.05, 3.63) is 70.8 Å². The molecule has 0 aliphatic heterocycles. The fourth-order valence-electron chi connectivity index (χ4n) is 3.29. The van der Waals surface area contributed by atoms with Gasteiger partial charge in [0.25, 0.3) is 0 Å². The van der Waals surface area contributed by atoms with Crippen LogP contribution in [0.1, 0.15) is 54.1 Å². The number of rotatable bonds is 4. The summed E-state index contributed by atoms with van der Waals surface area (Å²) < 4.78 is 0. The molecule has 0 spiro atoms. The van der Waals surface area contributed by atoms with E-state index in [0.29, 0.717) is 6.04 Å². The molecule has 3 rings (SSSR count). The maximum Gasteiger partial charge on any atom is 0.0681 e. The van der Waals surface area contributed by atoms with Crippen LogP contribution in [0.4, 0.5) is 0 Å². The minimum Gasteiger partial charge on any atom is -0.392 e. The molecule has 21 heavy (non-hydrogen) atoms. The minimum absolute atomic E-state index is 0.104. The second-order valence-electron chi connectivity index (χ2n) is 5.94. The maximum atomic E-state index is 9.28. The van der Waals surface area contributed by atoms with Crippen molar-refractivity contribution in [3.63, 3.8) is 0 Å². The third-order valence-electron chi connectivity index (χ3n) is 4.45. The summed E-state index contributed by atoms with van der Waals surface area (Å²) in [6.07, 6.45) is 3.64. The molecular weight excluding hydrogens is 258 g/mol. The highest BCUT2D eigenvalue weighted by Crippen LogP contribution is 2.31. The van der Waals surface area contributed by atoms with Crippen LogP contribution in [0.25, 0.3) is 0 Å². The van der Waals surface area contributed by atoms with Crippen LogP contribution in [-0.4, -0.2) is 5.11 Å². The number of benzene rings is 2. The van der Waals surface area contributed by atoms with Crippen molar-refractivity contribution in [2.45, 2.75) is 44.9 Å². The largest absolute Gasteiger partial charge is 0.392 e. The van der Waals surface area contributed by atoms with Crippen molar-refractivity contribution in [2.75, 3.05) is 0 Å². The van der Waals surface area contributed by atoms with Gasteiger partial charge in [-0.1, -0.05) is 48.5 Å². The predicted molar refractivity (Wildman–Crippen MR) is 86.0 cm³/mol. The molecule has 2 aromatic carbocycles. The Morgan fingerprint density at radius 1 is 1.19 bits per heavy atom. The van der Waals surface area contributed by atoms with Gasteiger partial charge in [-0.25, -0.2) is 0 Å². The summed E-state index contributed by atoms with van der Waals surface area (Å²) in [5.41, 5.74) is 5.15. The summed E-state index contributed by atoms with van der Waals surface area (Å²) in [4.78, 5) is 0. The van der Waals surface area contributed by atoms with Gasteiger partial charge in [0.2, 0.25) is 0 Å². The lowest BCUT2D eigenvalue weighted by Crippen LogP contribution is -2.27. The number of nitrogens with one attached hydrogen (secondary N) is 1. The standard InChI is InChI=1S/C19H23NO/c1-14(17-9-4-6-15(12-17)13-21)20-19-11-5-8-16-7-2-3-10-18(16)19/h2-4,6-7,9-10,12,14,19-21H,5,8,11,13H2,1H3. The summed E-state index contributed by atoms with van der Waals surface area (Å²) in [7, 11) is 0. The Hall–Kier alpha value is -1.64. The van der Waals surface area contributed by atoms with Crippen LogP contribution in [-0.2, 0) is 13.0 Å². The fraction of sp³-hybridized carbons (Fsp3) is 0.368. The highest BCUT2D eigenvalue weighted by molar-refractivity contribution is 5.33. The second-order valence-corrected chi connectivity index (χ2v) is 5.94. The average Bonchev–Trinajstić information content (AvgIpc) is 2.55. The number of hydrogen-bond donors (Lipinski definition) is 2. The Balaban J connectivity index is 1.77. The molecule has 1 aliphatic carbocycles. The van der Waals surface area contributed by atoms with E-state index >= 15 is 0 Å². The van der Waals surface area contributed by atoms with Crippen molar-refractivity contribution in [3.8, 4) is 0 Å². The molecule has 0 fully saturated rings. The molecule has 0 aromatic heterocycles. The molecule has 2 heteroatoms. The van der Waals surface area contributed by atoms with Crippen LogP contribution in [0.15, 0.2) is 48.5 Å². The lowest BCUT2D eigenvalue weighted by atomic mass is 9.87. The lowest BCUT2D eigenvalue weighted by Gasteiger charge is -2.29. The van der Waals surface area contributed by atoms with Crippen LogP contribution in [0.5, 0.6) is 0 Å². The summed E-state index contributed by atoms with van der Waals surface area (Å²) in [5.74, 6) is 0.